The maximum Gasteiger partial charge on any atom is 0.274 e. The molecule has 8 nitrogen and oxygen atoms in total. The van der Waals surface area contributed by atoms with Gasteiger partial charge < -0.3 is 9.80 Å². The molecule has 2 amide bonds. The summed E-state index contributed by atoms with van der Waals surface area (Å²) in [5, 5.41) is 7.19. The highest BCUT2D eigenvalue weighted by molar-refractivity contribution is 7.91. The van der Waals surface area contributed by atoms with E-state index < -0.39 is 9.84 Å². The fourth-order valence-electron chi connectivity index (χ4n) is 4.32. The van der Waals surface area contributed by atoms with Crippen LogP contribution in [-0.4, -0.2) is 70.9 Å². The minimum absolute atomic E-state index is 0.0306. The normalized spacial score (nSPS) is 24.3. The second kappa shape index (κ2) is 6.92. The third-order valence-electron chi connectivity index (χ3n) is 6.15. The van der Waals surface area contributed by atoms with E-state index in [1.165, 1.54) is 0 Å². The Hall–Kier alpha value is -1.90. The van der Waals surface area contributed by atoms with Crippen molar-refractivity contribution in [2.45, 2.75) is 51.6 Å². The first kappa shape index (κ1) is 18.5. The molecule has 1 atom stereocenters. The number of rotatable bonds is 4. The maximum absolute atomic E-state index is 13.1. The van der Waals surface area contributed by atoms with Crippen LogP contribution in [0.1, 0.15) is 54.4 Å². The van der Waals surface area contributed by atoms with Crippen LogP contribution >= 0.6 is 0 Å². The highest BCUT2D eigenvalue weighted by Gasteiger charge is 2.37. The predicted octanol–water partition coefficient (Wildman–Crippen LogP) is 0.744. The van der Waals surface area contributed by atoms with E-state index in [4.69, 9.17) is 0 Å². The Bertz CT molecular complexity index is 859. The predicted molar refractivity (Wildman–Crippen MR) is 98.8 cm³/mol. The molecule has 1 aliphatic carbocycles. The lowest BCUT2D eigenvalue weighted by atomic mass is 9.84. The molecule has 9 heteroatoms. The number of H-pyrrole nitrogens is 1. The lowest BCUT2D eigenvalue weighted by Gasteiger charge is -2.34. The van der Waals surface area contributed by atoms with Crippen molar-refractivity contribution in [1.29, 1.82) is 0 Å². The Morgan fingerprint density at radius 1 is 1.30 bits per heavy atom. The van der Waals surface area contributed by atoms with E-state index in [9.17, 15) is 18.0 Å². The number of hydrogen-bond donors (Lipinski definition) is 1. The number of nitrogens with one attached hydrogen (secondary N) is 1. The van der Waals surface area contributed by atoms with Crippen LogP contribution in [0.2, 0.25) is 0 Å². The van der Waals surface area contributed by atoms with Crippen molar-refractivity contribution >= 4 is 21.7 Å². The Morgan fingerprint density at radius 3 is 2.67 bits per heavy atom. The Labute approximate surface area is 159 Å². The number of amides is 2. The first-order valence-electron chi connectivity index (χ1n) is 9.76. The van der Waals surface area contributed by atoms with Gasteiger partial charge in [-0.2, -0.15) is 5.10 Å². The second-order valence-electron chi connectivity index (χ2n) is 7.81. The van der Waals surface area contributed by atoms with Gasteiger partial charge in [0.2, 0.25) is 5.91 Å². The van der Waals surface area contributed by atoms with Gasteiger partial charge in [0.05, 0.1) is 23.7 Å². The van der Waals surface area contributed by atoms with Crippen LogP contribution in [0.4, 0.5) is 0 Å². The van der Waals surface area contributed by atoms with Gasteiger partial charge >= 0.3 is 0 Å². The van der Waals surface area contributed by atoms with E-state index in [1.54, 1.807) is 4.90 Å². The van der Waals surface area contributed by atoms with Crippen LogP contribution in [0.15, 0.2) is 0 Å². The van der Waals surface area contributed by atoms with Gasteiger partial charge in [-0.05, 0) is 32.6 Å². The monoisotopic (exact) mass is 394 g/mol. The second-order valence-corrected chi connectivity index (χ2v) is 10.0. The summed E-state index contributed by atoms with van der Waals surface area (Å²) in [6, 6.07) is -0.278. The molecule has 1 aromatic rings. The molecule has 27 heavy (non-hydrogen) atoms. The molecule has 4 rings (SSSR count). The van der Waals surface area contributed by atoms with E-state index in [-0.39, 0.29) is 35.3 Å². The Morgan fingerprint density at radius 2 is 2.07 bits per heavy atom. The number of aromatic nitrogens is 2. The minimum atomic E-state index is -3.06. The maximum atomic E-state index is 13.1. The van der Waals surface area contributed by atoms with Crippen LogP contribution in [0.5, 0.6) is 0 Å². The first-order chi connectivity index (χ1) is 12.9. The highest BCUT2D eigenvalue weighted by Crippen LogP contribution is 2.31. The molecular formula is C18H26N4O4S. The van der Waals surface area contributed by atoms with Gasteiger partial charge in [-0.15, -0.1) is 0 Å². The summed E-state index contributed by atoms with van der Waals surface area (Å²) < 4.78 is 23.6. The summed E-state index contributed by atoms with van der Waals surface area (Å²) in [7, 11) is -3.06. The SMILES string of the molecule is CCN(C(=O)c1n[nH]c2c1CCN(C(=O)C1CCC1)C2)C1CCS(=O)(=O)C1. The van der Waals surface area contributed by atoms with Crippen LogP contribution in [0.25, 0.3) is 0 Å². The summed E-state index contributed by atoms with van der Waals surface area (Å²) in [4.78, 5) is 29.0. The molecule has 0 spiro atoms. The van der Waals surface area contributed by atoms with Crippen molar-refractivity contribution in [1.82, 2.24) is 20.0 Å². The standard InChI is InChI=1S/C18H26N4O4S/c1-2-22(13-7-9-27(25,26)11-13)18(24)16-14-6-8-21(10-15(14)19-20-16)17(23)12-4-3-5-12/h12-13H,2-11H2,1H3,(H,19,20). The molecule has 1 unspecified atom stereocenters. The Kier molecular flexibility index (Phi) is 4.73. The van der Waals surface area contributed by atoms with Crippen LogP contribution in [0.3, 0.4) is 0 Å². The molecule has 3 heterocycles. The molecule has 0 radical (unpaired) electrons. The average molecular weight is 394 g/mol. The molecule has 3 aliphatic rings. The summed E-state index contributed by atoms with van der Waals surface area (Å²) in [6.07, 6.45) is 4.17. The van der Waals surface area contributed by atoms with Gasteiger partial charge in [0.15, 0.2) is 15.5 Å². The number of fused-ring (bicyclic) bond motifs is 1. The van der Waals surface area contributed by atoms with Crippen molar-refractivity contribution in [2.75, 3.05) is 24.6 Å². The number of carbonyl (C=O) groups excluding carboxylic acids is 2. The van der Waals surface area contributed by atoms with Crippen molar-refractivity contribution in [3.63, 3.8) is 0 Å². The zero-order valence-electron chi connectivity index (χ0n) is 15.6. The zero-order valence-corrected chi connectivity index (χ0v) is 16.4. The Balaban J connectivity index is 1.50. The first-order valence-corrected chi connectivity index (χ1v) is 11.6. The zero-order chi connectivity index (χ0) is 19.2. The molecule has 0 bridgehead atoms. The molecular weight excluding hydrogens is 368 g/mol. The van der Waals surface area contributed by atoms with Gasteiger partial charge in [0.25, 0.3) is 5.91 Å². The van der Waals surface area contributed by atoms with E-state index in [0.29, 0.717) is 38.2 Å². The van der Waals surface area contributed by atoms with Crippen LogP contribution in [0, 0.1) is 5.92 Å². The van der Waals surface area contributed by atoms with Gasteiger partial charge in [-0.25, -0.2) is 8.42 Å². The topological polar surface area (TPSA) is 103 Å². The van der Waals surface area contributed by atoms with Crippen molar-refractivity contribution in [3.05, 3.63) is 17.0 Å². The molecule has 1 saturated heterocycles. The number of hydrogen-bond acceptors (Lipinski definition) is 5. The summed E-state index contributed by atoms with van der Waals surface area (Å²) in [6.45, 7) is 3.38. The minimum Gasteiger partial charge on any atom is -0.336 e. The molecule has 0 aromatic carbocycles. The van der Waals surface area contributed by atoms with Gasteiger partial charge in [-0.3, -0.25) is 14.7 Å². The van der Waals surface area contributed by atoms with E-state index in [0.717, 1.165) is 30.5 Å². The largest absolute Gasteiger partial charge is 0.336 e. The fraction of sp³-hybridized carbons (Fsp3) is 0.722. The lowest BCUT2D eigenvalue weighted by molar-refractivity contribution is -0.139. The van der Waals surface area contributed by atoms with Crippen molar-refractivity contribution in [2.24, 2.45) is 5.92 Å². The quantitative estimate of drug-likeness (QED) is 0.811. The van der Waals surface area contributed by atoms with E-state index >= 15 is 0 Å². The molecule has 1 N–H and O–H groups in total. The summed E-state index contributed by atoms with van der Waals surface area (Å²) in [5.41, 5.74) is 2.08. The lowest BCUT2D eigenvalue weighted by Crippen LogP contribution is -2.43. The smallest absolute Gasteiger partial charge is 0.274 e. The van der Waals surface area contributed by atoms with Crippen molar-refractivity contribution in [3.8, 4) is 0 Å². The number of carbonyl (C=O) groups is 2. The van der Waals surface area contributed by atoms with E-state index in [1.807, 2.05) is 11.8 Å². The number of aromatic amines is 1. The molecule has 1 aromatic heterocycles. The highest BCUT2D eigenvalue weighted by atomic mass is 32.2. The van der Waals surface area contributed by atoms with Crippen LogP contribution in [-0.2, 0) is 27.6 Å². The van der Waals surface area contributed by atoms with Gasteiger partial charge in [0, 0.05) is 30.6 Å². The third kappa shape index (κ3) is 3.37. The van der Waals surface area contributed by atoms with E-state index in [2.05, 4.69) is 10.2 Å². The molecule has 2 aliphatic heterocycles. The molecule has 148 valence electrons. The number of nitrogens with zero attached hydrogens (tertiary/aromatic N) is 3. The van der Waals surface area contributed by atoms with Gasteiger partial charge in [0.1, 0.15) is 0 Å². The molecule has 2 fully saturated rings. The summed E-state index contributed by atoms with van der Waals surface area (Å²) in [5.74, 6) is 0.327. The average Bonchev–Trinajstić information content (AvgIpc) is 3.16. The fourth-order valence-corrected chi connectivity index (χ4v) is 6.05. The van der Waals surface area contributed by atoms with Crippen LogP contribution < -0.4 is 0 Å². The third-order valence-corrected chi connectivity index (χ3v) is 7.90. The molecule has 1 saturated carbocycles. The summed E-state index contributed by atoms with van der Waals surface area (Å²) >= 11 is 0. The van der Waals surface area contributed by atoms with Crippen molar-refractivity contribution < 1.29 is 18.0 Å². The van der Waals surface area contributed by atoms with Gasteiger partial charge in [-0.1, -0.05) is 6.42 Å². The number of sulfone groups is 1.